The maximum atomic E-state index is 5.68. The summed E-state index contributed by atoms with van der Waals surface area (Å²) < 4.78 is 5.68. The van der Waals surface area contributed by atoms with Gasteiger partial charge in [0.2, 0.25) is 0 Å². The average Bonchev–Trinajstić information content (AvgIpc) is 2.37. The molecule has 0 spiro atoms. The van der Waals surface area contributed by atoms with Crippen LogP contribution in [0.15, 0.2) is 0 Å². The molecule has 0 aromatic carbocycles. The Labute approximate surface area is 119 Å². The predicted molar refractivity (Wildman–Crippen MR) is 81.7 cm³/mol. The Morgan fingerprint density at radius 2 is 2.11 bits per heavy atom. The molecule has 1 heterocycles. The smallest absolute Gasteiger partial charge is 0.0594 e. The van der Waals surface area contributed by atoms with Gasteiger partial charge in [0.25, 0.3) is 0 Å². The van der Waals surface area contributed by atoms with Crippen molar-refractivity contribution in [3.63, 3.8) is 0 Å². The van der Waals surface area contributed by atoms with E-state index < -0.39 is 0 Å². The normalized spacial score (nSPS) is 25.1. The first-order chi connectivity index (χ1) is 9.13. The van der Waals surface area contributed by atoms with Crippen molar-refractivity contribution < 1.29 is 4.74 Å². The minimum Gasteiger partial charge on any atom is -0.379 e. The van der Waals surface area contributed by atoms with E-state index in [1.54, 1.807) is 0 Å². The van der Waals surface area contributed by atoms with Crippen molar-refractivity contribution in [2.75, 3.05) is 60.0 Å². The third kappa shape index (κ3) is 7.25. The molecule has 0 aromatic rings. The summed E-state index contributed by atoms with van der Waals surface area (Å²) in [7, 11) is 4.16. The van der Waals surface area contributed by atoms with Crippen LogP contribution in [0, 0.1) is 5.92 Å². The van der Waals surface area contributed by atoms with E-state index in [2.05, 4.69) is 43.1 Å². The molecule has 0 saturated carbocycles. The molecule has 1 saturated heterocycles. The molecule has 0 bridgehead atoms. The standard InChI is InChI=1S/C15H33N3O/c1-5-7-16-15-6-8-18(13-14(15)2)10-12-19-11-9-17(3)4/h14-16H,5-13H2,1-4H3. The molecule has 1 fully saturated rings. The summed E-state index contributed by atoms with van der Waals surface area (Å²) in [5.41, 5.74) is 0. The first kappa shape index (κ1) is 16.9. The highest BCUT2D eigenvalue weighted by molar-refractivity contribution is 4.82. The van der Waals surface area contributed by atoms with Gasteiger partial charge in [-0.1, -0.05) is 13.8 Å². The van der Waals surface area contributed by atoms with Gasteiger partial charge in [0, 0.05) is 25.7 Å². The van der Waals surface area contributed by atoms with E-state index in [1.165, 1.54) is 25.9 Å². The second-order valence-electron chi connectivity index (χ2n) is 6.04. The zero-order chi connectivity index (χ0) is 14.1. The Hall–Kier alpha value is -0.160. The minimum absolute atomic E-state index is 0.714. The molecule has 2 unspecified atom stereocenters. The lowest BCUT2D eigenvalue weighted by Crippen LogP contribution is -2.49. The van der Waals surface area contributed by atoms with E-state index >= 15 is 0 Å². The molecular formula is C15H33N3O. The zero-order valence-electron chi connectivity index (χ0n) is 13.3. The molecule has 1 rings (SSSR count). The number of likely N-dealkylation sites (N-methyl/N-ethyl adjacent to an activating group) is 1. The fraction of sp³-hybridized carbons (Fsp3) is 1.00. The molecule has 0 aliphatic carbocycles. The molecule has 0 radical (unpaired) electrons. The number of nitrogens with zero attached hydrogens (tertiary/aromatic N) is 2. The highest BCUT2D eigenvalue weighted by atomic mass is 16.5. The van der Waals surface area contributed by atoms with Gasteiger partial charge in [-0.25, -0.2) is 0 Å². The fourth-order valence-corrected chi connectivity index (χ4v) is 2.61. The third-order valence-electron chi connectivity index (χ3n) is 3.88. The molecule has 19 heavy (non-hydrogen) atoms. The second kappa shape index (κ2) is 9.70. The topological polar surface area (TPSA) is 27.7 Å². The van der Waals surface area contributed by atoms with Gasteiger partial charge in [-0.3, -0.25) is 0 Å². The van der Waals surface area contributed by atoms with Crippen LogP contribution in [-0.4, -0.2) is 75.9 Å². The zero-order valence-corrected chi connectivity index (χ0v) is 13.3. The first-order valence-electron chi connectivity index (χ1n) is 7.81. The van der Waals surface area contributed by atoms with Gasteiger partial charge >= 0.3 is 0 Å². The van der Waals surface area contributed by atoms with Gasteiger partial charge in [0.15, 0.2) is 0 Å². The van der Waals surface area contributed by atoms with E-state index in [0.29, 0.717) is 6.04 Å². The van der Waals surface area contributed by atoms with Crippen molar-refractivity contribution in [1.82, 2.24) is 15.1 Å². The van der Waals surface area contributed by atoms with Crippen LogP contribution >= 0.6 is 0 Å². The van der Waals surface area contributed by atoms with Crippen LogP contribution in [0.4, 0.5) is 0 Å². The van der Waals surface area contributed by atoms with E-state index in [9.17, 15) is 0 Å². The summed E-state index contributed by atoms with van der Waals surface area (Å²) in [6, 6.07) is 0.714. The number of hydrogen-bond donors (Lipinski definition) is 1. The van der Waals surface area contributed by atoms with Gasteiger partial charge < -0.3 is 19.9 Å². The lowest BCUT2D eigenvalue weighted by molar-refractivity contribution is 0.0713. The van der Waals surface area contributed by atoms with Gasteiger partial charge in [-0.2, -0.15) is 0 Å². The summed E-state index contributed by atoms with van der Waals surface area (Å²) in [5.74, 6) is 0.752. The lowest BCUT2D eigenvalue weighted by Gasteiger charge is -2.37. The van der Waals surface area contributed by atoms with E-state index in [-0.39, 0.29) is 0 Å². The van der Waals surface area contributed by atoms with E-state index in [0.717, 1.165) is 38.8 Å². The molecule has 114 valence electrons. The summed E-state index contributed by atoms with van der Waals surface area (Å²) in [6.07, 6.45) is 2.51. The molecule has 1 aliphatic rings. The predicted octanol–water partition coefficient (Wildman–Crippen LogP) is 1.27. The van der Waals surface area contributed by atoms with Crippen molar-refractivity contribution in [2.24, 2.45) is 5.92 Å². The highest BCUT2D eigenvalue weighted by Gasteiger charge is 2.24. The average molecular weight is 271 g/mol. The van der Waals surface area contributed by atoms with Crippen molar-refractivity contribution in [3.05, 3.63) is 0 Å². The van der Waals surface area contributed by atoms with Gasteiger partial charge in [0.1, 0.15) is 0 Å². The maximum Gasteiger partial charge on any atom is 0.0594 e. The number of hydrogen-bond acceptors (Lipinski definition) is 4. The molecule has 0 amide bonds. The number of piperidine rings is 1. The van der Waals surface area contributed by atoms with Crippen LogP contribution in [0.25, 0.3) is 0 Å². The summed E-state index contributed by atoms with van der Waals surface area (Å²) >= 11 is 0. The molecule has 1 aliphatic heterocycles. The van der Waals surface area contributed by atoms with Crippen LogP contribution in [0.2, 0.25) is 0 Å². The summed E-state index contributed by atoms with van der Waals surface area (Å²) in [4.78, 5) is 4.71. The van der Waals surface area contributed by atoms with Crippen molar-refractivity contribution in [1.29, 1.82) is 0 Å². The molecule has 4 nitrogen and oxygen atoms in total. The summed E-state index contributed by atoms with van der Waals surface area (Å²) in [5, 5.41) is 3.67. The Morgan fingerprint density at radius 1 is 1.32 bits per heavy atom. The van der Waals surface area contributed by atoms with Crippen LogP contribution in [0.1, 0.15) is 26.7 Å². The Kier molecular flexibility index (Phi) is 8.62. The van der Waals surface area contributed by atoms with Crippen LogP contribution in [0.3, 0.4) is 0 Å². The van der Waals surface area contributed by atoms with Crippen LogP contribution in [-0.2, 0) is 4.74 Å². The quantitative estimate of drug-likeness (QED) is 0.639. The number of likely N-dealkylation sites (tertiary alicyclic amines) is 1. The van der Waals surface area contributed by atoms with Crippen molar-refractivity contribution in [2.45, 2.75) is 32.7 Å². The minimum atomic E-state index is 0.714. The number of ether oxygens (including phenoxy) is 1. The molecule has 4 heteroatoms. The second-order valence-corrected chi connectivity index (χ2v) is 6.04. The van der Waals surface area contributed by atoms with E-state index in [1.807, 2.05) is 0 Å². The van der Waals surface area contributed by atoms with Crippen LogP contribution < -0.4 is 5.32 Å². The van der Waals surface area contributed by atoms with Crippen molar-refractivity contribution in [3.8, 4) is 0 Å². The van der Waals surface area contributed by atoms with Gasteiger partial charge in [-0.15, -0.1) is 0 Å². The Balaban J connectivity index is 2.07. The maximum absolute atomic E-state index is 5.68. The summed E-state index contributed by atoms with van der Waals surface area (Å²) in [6.45, 7) is 12.0. The third-order valence-corrected chi connectivity index (χ3v) is 3.88. The molecular weight excluding hydrogens is 238 g/mol. The van der Waals surface area contributed by atoms with Crippen LogP contribution in [0.5, 0.6) is 0 Å². The fourth-order valence-electron chi connectivity index (χ4n) is 2.61. The monoisotopic (exact) mass is 271 g/mol. The van der Waals surface area contributed by atoms with Crippen molar-refractivity contribution >= 4 is 0 Å². The number of rotatable bonds is 9. The molecule has 2 atom stereocenters. The van der Waals surface area contributed by atoms with Gasteiger partial charge in [0.05, 0.1) is 13.2 Å². The Bertz CT molecular complexity index is 223. The van der Waals surface area contributed by atoms with Gasteiger partial charge in [-0.05, 0) is 45.9 Å². The number of nitrogens with one attached hydrogen (secondary N) is 1. The SMILES string of the molecule is CCCNC1CCN(CCOCCN(C)C)CC1C. The largest absolute Gasteiger partial charge is 0.379 e. The highest BCUT2D eigenvalue weighted by Crippen LogP contribution is 2.16. The lowest BCUT2D eigenvalue weighted by atomic mass is 9.94. The molecule has 1 N–H and O–H groups in total. The Morgan fingerprint density at radius 3 is 2.74 bits per heavy atom. The first-order valence-corrected chi connectivity index (χ1v) is 7.81. The molecule has 0 aromatic heterocycles. The van der Waals surface area contributed by atoms with E-state index in [4.69, 9.17) is 4.74 Å².